The normalized spacial score (nSPS) is 14.4. The van der Waals surface area contributed by atoms with Gasteiger partial charge >= 0.3 is 0 Å². The van der Waals surface area contributed by atoms with Crippen LogP contribution >= 0.6 is 0 Å². The van der Waals surface area contributed by atoms with Crippen molar-refractivity contribution in [1.82, 2.24) is 10.1 Å². The van der Waals surface area contributed by atoms with Crippen molar-refractivity contribution in [3.05, 3.63) is 40.8 Å². The summed E-state index contributed by atoms with van der Waals surface area (Å²) in [6, 6.07) is 5.22. The van der Waals surface area contributed by atoms with Gasteiger partial charge in [-0.3, -0.25) is 4.79 Å². The van der Waals surface area contributed by atoms with E-state index in [1.54, 1.807) is 30.2 Å². The molecule has 2 aromatic rings. The Morgan fingerprint density at radius 1 is 1.24 bits per heavy atom. The Labute approximate surface area is 146 Å². The van der Waals surface area contributed by atoms with Gasteiger partial charge in [0.1, 0.15) is 12.4 Å². The smallest absolute Gasteiger partial charge is 0.254 e. The highest BCUT2D eigenvalue weighted by molar-refractivity contribution is 5.95. The first-order valence-electron chi connectivity index (χ1n) is 8.19. The molecule has 3 rings (SSSR count). The fraction of sp³-hybridized carbons (Fsp3) is 0.444. The van der Waals surface area contributed by atoms with Crippen LogP contribution in [-0.4, -0.2) is 49.4 Å². The lowest BCUT2D eigenvalue weighted by Crippen LogP contribution is -2.40. The second-order valence-corrected chi connectivity index (χ2v) is 5.86. The van der Waals surface area contributed by atoms with Gasteiger partial charge in [0.15, 0.2) is 11.5 Å². The van der Waals surface area contributed by atoms with Gasteiger partial charge in [0.25, 0.3) is 5.91 Å². The average molecular weight is 346 g/mol. The number of hydrogen-bond acceptors (Lipinski definition) is 6. The first-order valence-corrected chi connectivity index (χ1v) is 8.19. The number of ether oxygens (including phenoxy) is 3. The van der Waals surface area contributed by atoms with Crippen LogP contribution in [0.15, 0.2) is 22.7 Å². The molecule has 1 amide bonds. The molecule has 1 aromatic heterocycles. The highest BCUT2D eigenvalue weighted by Crippen LogP contribution is 2.30. The van der Waals surface area contributed by atoms with E-state index < -0.39 is 0 Å². The van der Waals surface area contributed by atoms with Crippen molar-refractivity contribution >= 4 is 5.91 Å². The molecular weight excluding hydrogens is 324 g/mol. The number of nitrogens with zero attached hydrogens (tertiary/aromatic N) is 2. The predicted molar refractivity (Wildman–Crippen MR) is 90.0 cm³/mol. The van der Waals surface area contributed by atoms with E-state index >= 15 is 0 Å². The first kappa shape index (κ1) is 17.3. The molecule has 134 valence electrons. The fourth-order valence-corrected chi connectivity index (χ4v) is 2.73. The molecular formula is C18H22N2O5. The second kappa shape index (κ2) is 7.57. The van der Waals surface area contributed by atoms with E-state index in [0.717, 1.165) is 17.0 Å². The van der Waals surface area contributed by atoms with Crippen molar-refractivity contribution in [3.63, 3.8) is 0 Å². The third kappa shape index (κ3) is 3.76. The average Bonchev–Trinajstić information content (AvgIpc) is 2.98. The number of carbonyl (C=O) groups is 1. The zero-order valence-electron chi connectivity index (χ0n) is 14.7. The van der Waals surface area contributed by atoms with E-state index in [-0.39, 0.29) is 5.91 Å². The molecule has 0 saturated carbocycles. The van der Waals surface area contributed by atoms with E-state index in [1.165, 1.54) is 0 Å². The monoisotopic (exact) mass is 346 g/mol. The maximum absolute atomic E-state index is 12.6. The molecule has 7 heteroatoms. The van der Waals surface area contributed by atoms with Crippen molar-refractivity contribution in [3.8, 4) is 11.5 Å². The maximum atomic E-state index is 12.6. The number of morpholine rings is 1. The molecule has 1 aromatic carbocycles. The van der Waals surface area contributed by atoms with Crippen LogP contribution in [0, 0.1) is 13.8 Å². The standard InChI is InChI=1S/C18H22N2O5/c1-12-15(13(2)25-19-12)11-24-16-5-4-14(10-17(16)22-3)18(21)20-6-8-23-9-7-20/h4-5,10H,6-9,11H2,1-3H3. The molecule has 7 nitrogen and oxygen atoms in total. The Balaban J connectivity index is 1.74. The van der Waals surface area contributed by atoms with Crippen LogP contribution in [0.5, 0.6) is 11.5 Å². The van der Waals surface area contributed by atoms with Gasteiger partial charge in [-0.15, -0.1) is 0 Å². The Morgan fingerprint density at radius 3 is 2.64 bits per heavy atom. The molecule has 0 unspecified atom stereocenters. The summed E-state index contributed by atoms with van der Waals surface area (Å²) in [5.74, 6) is 1.79. The van der Waals surface area contributed by atoms with Gasteiger partial charge in [0, 0.05) is 18.7 Å². The minimum absolute atomic E-state index is 0.0288. The molecule has 1 aliphatic rings. The van der Waals surface area contributed by atoms with Gasteiger partial charge in [-0.25, -0.2) is 0 Å². The van der Waals surface area contributed by atoms with E-state index in [0.29, 0.717) is 50.0 Å². The van der Waals surface area contributed by atoms with Gasteiger partial charge in [0.2, 0.25) is 0 Å². The van der Waals surface area contributed by atoms with Crippen LogP contribution in [0.4, 0.5) is 0 Å². The second-order valence-electron chi connectivity index (χ2n) is 5.86. The molecule has 0 radical (unpaired) electrons. The van der Waals surface area contributed by atoms with Gasteiger partial charge in [-0.05, 0) is 32.0 Å². The number of aromatic nitrogens is 1. The zero-order valence-corrected chi connectivity index (χ0v) is 14.7. The molecule has 0 atom stereocenters. The predicted octanol–water partition coefficient (Wildman–Crippen LogP) is 2.35. The zero-order chi connectivity index (χ0) is 17.8. The Morgan fingerprint density at radius 2 is 2.00 bits per heavy atom. The molecule has 25 heavy (non-hydrogen) atoms. The number of benzene rings is 1. The minimum atomic E-state index is -0.0288. The van der Waals surface area contributed by atoms with Crippen molar-refractivity contribution in [1.29, 1.82) is 0 Å². The van der Waals surface area contributed by atoms with Gasteiger partial charge in [0.05, 0.1) is 31.6 Å². The topological polar surface area (TPSA) is 74.0 Å². The van der Waals surface area contributed by atoms with Crippen molar-refractivity contribution in [2.45, 2.75) is 20.5 Å². The van der Waals surface area contributed by atoms with Crippen LogP contribution in [0.1, 0.15) is 27.4 Å². The van der Waals surface area contributed by atoms with Crippen LogP contribution in [0.3, 0.4) is 0 Å². The summed E-state index contributed by atoms with van der Waals surface area (Å²) >= 11 is 0. The van der Waals surface area contributed by atoms with Gasteiger partial charge < -0.3 is 23.6 Å². The van der Waals surface area contributed by atoms with Crippen molar-refractivity contribution in [2.24, 2.45) is 0 Å². The summed E-state index contributed by atoms with van der Waals surface area (Å²) in [7, 11) is 1.56. The van der Waals surface area contributed by atoms with Crippen LogP contribution in [0.2, 0.25) is 0 Å². The maximum Gasteiger partial charge on any atom is 0.254 e. The molecule has 1 saturated heterocycles. The molecule has 1 aliphatic heterocycles. The van der Waals surface area contributed by atoms with E-state index in [4.69, 9.17) is 18.7 Å². The summed E-state index contributed by atoms with van der Waals surface area (Å²) in [5, 5.41) is 3.91. The molecule has 0 N–H and O–H groups in total. The summed E-state index contributed by atoms with van der Waals surface area (Å²) in [6.07, 6.45) is 0. The van der Waals surface area contributed by atoms with Crippen molar-refractivity contribution in [2.75, 3.05) is 33.4 Å². The Kier molecular flexibility index (Phi) is 5.23. The lowest BCUT2D eigenvalue weighted by Gasteiger charge is -2.27. The van der Waals surface area contributed by atoms with Crippen molar-refractivity contribution < 1.29 is 23.5 Å². The highest BCUT2D eigenvalue weighted by atomic mass is 16.5. The Bertz CT molecular complexity index is 730. The minimum Gasteiger partial charge on any atom is -0.493 e. The highest BCUT2D eigenvalue weighted by Gasteiger charge is 2.20. The molecule has 0 spiro atoms. The molecule has 1 fully saturated rings. The summed E-state index contributed by atoms with van der Waals surface area (Å²) < 4.78 is 21.7. The van der Waals surface area contributed by atoms with Crippen LogP contribution in [-0.2, 0) is 11.3 Å². The lowest BCUT2D eigenvalue weighted by molar-refractivity contribution is 0.0302. The number of carbonyl (C=O) groups excluding carboxylic acids is 1. The number of amides is 1. The van der Waals surface area contributed by atoms with Gasteiger partial charge in [-0.1, -0.05) is 5.16 Å². The SMILES string of the molecule is COc1cc(C(=O)N2CCOCC2)ccc1OCc1c(C)noc1C. The van der Waals surface area contributed by atoms with E-state index in [2.05, 4.69) is 5.16 Å². The number of aryl methyl sites for hydroxylation is 2. The summed E-state index contributed by atoms with van der Waals surface area (Å²) in [5.41, 5.74) is 2.29. The van der Waals surface area contributed by atoms with Crippen LogP contribution in [0.25, 0.3) is 0 Å². The van der Waals surface area contributed by atoms with Crippen LogP contribution < -0.4 is 9.47 Å². The van der Waals surface area contributed by atoms with Gasteiger partial charge in [-0.2, -0.15) is 0 Å². The third-order valence-electron chi connectivity index (χ3n) is 4.26. The van der Waals surface area contributed by atoms with E-state index in [1.807, 2.05) is 13.8 Å². The first-order chi connectivity index (χ1) is 12.1. The number of hydrogen-bond donors (Lipinski definition) is 0. The fourth-order valence-electron chi connectivity index (χ4n) is 2.73. The number of methoxy groups -OCH3 is 1. The summed E-state index contributed by atoms with van der Waals surface area (Å²) in [6.45, 7) is 6.39. The molecule has 0 bridgehead atoms. The lowest BCUT2D eigenvalue weighted by atomic mass is 10.1. The quantitative estimate of drug-likeness (QED) is 0.827. The molecule has 0 aliphatic carbocycles. The number of rotatable bonds is 5. The molecule has 2 heterocycles. The third-order valence-corrected chi connectivity index (χ3v) is 4.26. The summed E-state index contributed by atoms with van der Waals surface area (Å²) in [4.78, 5) is 14.3. The van der Waals surface area contributed by atoms with E-state index in [9.17, 15) is 4.79 Å². The Hall–Kier alpha value is -2.54. The largest absolute Gasteiger partial charge is 0.493 e.